The molecule has 1 amide bonds. The molecule has 2 aromatic carbocycles. The summed E-state index contributed by atoms with van der Waals surface area (Å²) in [5.41, 5.74) is -5.21. The predicted molar refractivity (Wildman–Crippen MR) is 96.0 cm³/mol. The van der Waals surface area contributed by atoms with Crippen LogP contribution < -0.4 is 15.4 Å². The molecule has 0 aliphatic carbocycles. The Balaban J connectivity index is 2.46. The zero-order valence-corrected chi connectivity index (χ0v) is 16.1. The van der Waals surface area contributed by atoms with Crippen molar-refractivity contribution in [3.05, 3.63) is 59.9 Å². The number of benzene rings is 2. The van der Waals surface area contributed by atoms with Gasteiger partial charge in [0, 0.05) is 5.69 Å². The van der Waals surface area contributed by atoms with Crippen LogP contribution in [0.1, 0.15) is 17.3 Å². The minimum atomic E-state index is -5.53. The monoisotopic (exact) mass is 468 g/mol. The van der Waals surface area contributed by atoms with Gasteiger partial charge in [0.15, 0.2) is 0 Å². The van der Waals surface area contributed by atoms with E-state index in [4.69, 9.17) is 0 Å². The van der Waals surface area contributed by atoms with E-state index in [9.17, 15) is 40.3 Å². The topological polar surface area (TPSA) is 76.7 Å². The Morgan fingerprint density at radius 1 is 0.938 bits per heavy atom. The number of nitrogens with one attached hydrogen (secondary N) is 2. The fraction of sp³-hybridized carbons (Fsp3) is 0.263. The molecule has 0 radical (unpaired) electrons. The SMILES string of the molecule is CCOC(=O)C(NC(=O)c1ccccc1F)(Nc1ccc(OC(F)(F)F)cc1)C(F)(F)F. The van der Waals surface area contributed by atoms with Gasteiger partial charge in [-0.3, -0.25) is 4.79 Å². The molecule has 0 heterocycles. The number of carbonyl (C=O) groups is 2. The Morgan fingerprint density at radius 3 is 2.03 bits per heavy atom. The van der Waals surface area contributed by atoms with Gasteiger partial charge in [-0.2, -0.15) is 13.2 Å². The van der Waals surface area contributed by atoms with E-state index in [0.29, 0.717) is 12.1 Å². The highest BCUT2D eigenvalue weighted by atomic mass is 19.4. The number of ether oxygens (including phenoxy) is 2. The van der Waals surface area contributed by atoms with Crippen LogP contribution in [-0.4, -0.2) is 36.7 Å². The molecule has 13 heteroatoms. The Labute approximate surface area is 176 Å². The number of halogens is 7. The molecule has 0 bridgehead atoms. The van der Waals surface area contributed by atoms with E-state index in [1.165, 1.54) is 24.4 Å². The normalized spacial score (nSPS) is 13.6. The molecule has 0 saturated carbocycles. The molecular formula is C19H15F7N2O4. The molecule has 0 spiro atoms. The summed E-state index contributed by atoms with van der Waals surface area (Å²) < 4.78 is 101. The first-order valence-corrected chi connectivity index (χ1v) is 8.74. The van der Waals surface area contributed by atoms with Crippen LogP contribution in [0, 0.1) is 5.82 Å². The van der Waals surface area contributed by atoms with Gasteiger partial charge in [-0.25, -0.2) is 9.18 Å². The van der Waals surface area contributed by atoms with Crippen molar-refractivity contribution in [2.24, 2.45) is 0 Å². The number of hydrogen-bond acceptors (Lipinski definition) is 5. The summed E-state index contributed by atoms with van der Waals surface area (Å²) in [4.78, 5) is 24.7. The van der Waals surface area contributed by atoms with Gasteiger partial charge in [-0.05, 0) is 43.3 Å². The minimum absolute atomic E-state index is 0.508. The van der Waals surface area contributed by atoms with Crippen molar-refractivity contribution in [2.45, 2.75) is 25.1 Å². The third-order valence-corrected chi connectivity index (χ3v) is 3.85. The Kier molecular flexibility index (Phi) is 7.21. The van der Waals surface area contributed by atoms with Crippen molar-refractivity contribution in [3.63, 3.8) is 0 Å². The van der Waals surface area contributed by atoms with Crippen LogP contribution in [0.5, 0.6) is 5.75 Å². The lowest BCUT2D eigenvalue weighted by Gasteiger charge is -2.35. The van der Waals surface area contributed by atoms with E-state index in [1.807, 2.05) is 0 Å². The molecule has 1 atom stereocenters. The number of amides is 1. The third kappa shape index (κ3) is 5.80. The molecule has 1 unspecified atom stereocenters. The third-order valence-electron chi connectivity index (χ3n) is 3.85. The second-order valence-electron chi connectivity index (χ2n) is 6.10. The zero-order valence-electron chi connectivity index (χ0n) is 16.1. The van der Waals surface area contributed by atoms with Crippen LogP contribution in [0.25, 0.3) is 0 Å². The summed E-state index contributed by atoms with van der Waals surface area (Å²) in [6.45, 7) is 0.702. The summed E-state index contributed by atoms with van der Waals surface area (Å²) in [6, 6.07) is 6.94. The molecule has 6 nitrogen and oxygen atoms in total. The summed E-state index contributed by atoms with van der Waals surface area (Å²) in [5, 5.41) is 3.15. The van der Waals surface area contributed by atoms with Crippen LogP contribution >= 0.6 is 0 Å². The highest BCUT2D eigenvalue weighted by molar-refractivity contribution is 5.99. The number of rotatable bonds is 7. The molecule has 0 saturated heterocycles. The summed E-state index contributed by atoms with van der Waals surface area (Å²) in [6.07, 6.45) is -10.6. The van der Waals surface area contributed by atoms with Crippen molar-refractivity contribution in [1.82, 2.24) is 5.32 Å². The number of esters is 1. The zero-order chi connectivity index (χ0) is 24.2. The van der Waals surface area contributed by atoms with Crippen LogP contribution in [0.2, 0.25) is 0 Å². The highest BCUT2D eigenvalue weighted by Gasteiger charge is 2.63. The second kappa shape index (κ2) is 9.32. The largest absolute Gasteiger partial charge is 0.573 e. The van der Waals surface area contributed by atoms with E-state index < -0.39 is 59.5 Å². The molecule has 0 fully saturated rings. The fourth-order valence-electron chi connectivity index (χ4n) is 2.47. The fourth-order valence-corrected chi connectivity index (χ4v) is 2.47. The van der Waals surface area contributed by atoms with Crippen LogP contribution in [0.4, 0.5) is 36.4 Å². The van der Waals surface area contributed by atoms with Crippen molar-refractivity contribution in [2.75, 3.05) is 11.9 Å². The van der Waals surface area contributed by atoms with Gasteiger partial charge in [-0.15, -0.1) is 13.2 Å². The maximum Gasteiger partial charge on any atom is 0.573 e. The summed E-state index contributed by atoms with van der Waals surface area (Å²) in [7, 11) is 0. The number of anilines is 1. The van der Waals surface area contributed by atoms with E-state index in [1.54, 1.807) is 5.32 Å². The molecule has 2 rings (SSSR count). The van der Waals surface area contributed by atoms with Gasteiger partial charge in [0.25, 0.3) is 5.91 Å². The molecule has 2 N–H and O–H groups in total. The lowest BCUT2D eigenvalue weighted by molar-refractivity contribution is -0.274. The second-order valence-corrected chi connectivity index (χ2v) is 6.10. The smallest absolute Gasteiger partial charge is 0.463 e. The van der Waals surface area contributed by atoms with Crippen LogP contribution in [-0.2, 0) is 9.53 Å². The quantitative estimate of drug-likeness (QED) is 0.358. The van der Waals surface area contributed by atoms with Crippen molar-refractivity contribution in [1.29, 1.82) is 0 Å². The average molecular weight is 468 g/mol. The molecule has 0 aromatic heterocycles. The van der Waals surface area contributed by atoms with Gasteiger partial charge in [0.05, 0.1) is 12.2 Å². The molecule has 2 aromatic rings. The number of alkyl halides is 6. The van der Waals surface area contributed by atoms with Crippen LogP contribution in [0.3, 0.4) is 0 Å². The van der Waals surface area contributed by atoms with E-state index in [-0.39, 0.29) is 0 Å². The molecule has 0 aliphatic heterocycles. The van der Waals surface area contributed by atoms with Crippen molar-refractivity contribution >= 4 is 17.6 Å². The average Bonchev–Trinajstić information content (AvgIpc) is 2.67. The number of carbonyl (C=O) groups excluding carboxylic acids is 2. The molecular weight excluding hydrogens is 453 g/mol. The first-order chi connectivity index (χ1) is 14.8. The molecule has 174 valence electrons. The Morgan fingerprint density at radius 2 is 1.53 bits per heavy atom. The minimum Gasteiger partial charge on any atom is -0.463 e. The van der Waals surface area contributed by atoms with Gasteiger partial charge < -0.3 is 20.1 Å². The lowest BCUT2D eigenvalue weighted by atomic mass is 10.1. The van der Waals surface area contributed by atoms with Crippen LogP contribution in [0.15, 0.2) is 48.5 Å². The maximum atomic E-state index is 14.1. The van der Waals surface area contributed by atoms with E-state index in [2.05, 4.69) is 9.47 Å². The van der Waals surface area contributed by atoms with E-state index in [0.717, 1.165) is 24.3 Å². The maximum absolute atomic E-state index is 14.1. The van der Waals surface area contributed by atoms with Gasteiger partial charge in [0.2, 0.25) is 0 Å². The first kappa shape index (κ1) is 24.8. The summed E-state index contributed by atoms with van der Waals surface area (Å²) >= 11 is 0. The van der Waals surface area contributed by atoms with Gasteiger partial charge in [-0.1, -0.05) is 12.1 Å². The van der Waals surface area contributed by atoms with Crippen molar-refractivity contribution in [3.8, 4) is 5.75 Å². The standard InChI is InChI=1S/C19H15F7N2O4/c1-2-31-16(30)17(18(21,22)23,28-15(29)13-5-3-4-6-14(13)20)27-11-7-9-12(10-8-11)32-19(24,25)26/h3-10,27H,2H2,1H3,(H,28,29). The first-order valence-electron chi connectivity index (χ1n) is 8.74. The molecule has 0 aliphatic rings. The Hall–Kier alpha value is -3.51. The predicted octanol–water partition coefficient (Wildman–Crippen LogP) is 4.39. The highest BCUT2D eigenvalue weighted by Crippen LogP contribution is 2.34. The van der Waals surface area contributed by atoms with Crippen molar-refractivity contribution < 1.29 is 49.8 Å². The molecule has 32 heavy (non-hydrogen) atoms. The summed E-state index contributed by atoms with van der Waals surface area (Å²) in [5.74, 6) is -5.48. The Bertz CT molecular complexity index is 961. The van der Waals surface area contributed by atoms with Gasteiger partial charge in [0.1, 0.15) is 11.6 Å². The van der Waals surface area contributed by atoms with E-state index >= 15 is 0 Å². The van der Waals surface area contributed by atoms with Gasteiger partial charge >= 0.3 is 24.2 Å². The lowest BCUT2D eigenvalue weighted by Crippen LogP contribution is -2.69. The number of hydrogen-bond donors (Lipinski definition) is 2.